The Bertz CT molecular complexity index is 634. The Morgan fingerprint density at radius 3 is 2.76 bits per heavy atom. The molecule has 0 amide bonds. The van der Waals surface area contributed by atoms with Crippen molar-refractivity contribution in [3.63, 3.8) is 0 Å². The molecule has 1 atom stereocenters. The number of hydrogen-bond donors (Lipinski definition) is 2. The zero-order valence-electron chi connectivity index (χ0n) is 13.0. The van der Waals surface area contributed by atoms with E-state index in [1.165, 1.54) is 0 Å². The van der Waals surface area contributed by atoms with E-state index in [0.29, 0.717) is 25.7 Å². The number of rotatable bonds is 7. The lowest BCUT2D eigenvalue weighted by Gasteiger charge is -2.22. The molecule has 1 unspecified atom stereocenters. The molecule has 21 heavy (non-hydrogen) atoms. The van der Waals surface area contributed by atoms with Gasteiger partial charge in [-0.1, -0.05) is 32.0 Å². The average molecular weight is 288 g/mol. The normalized spacial score (nSPS) is 13.0. The van der Waals surface area contributed by atoms with Crippen LogP contribution in [0.25, 0.3) is 10.9 Å². The molecule has 4 nitrogen and oxygen atoms in total. The SMILES string of the molecule is CCOCC(NCc1cc2ccccc2[nH]c1=O)C(C)C. The van der Waals surface area contributed by atoms with Crippen LogP contribution in [0.4, 0.5) is 0 Å². The van der Waals surface area contributed by atoms with Gasteiger partial charge >= 0.3 is 0 Å². The van der Waals surface area contributed by atoms with Crippen LogP contribution in [0, 0.1) is 5.92 Å². The van der Waals surface area contributed by atoms with E-state index in [0.717, 1.165) is 16.5 Å². The van der Waals surface area contributed by atoms with E-state index in [1.807, 2.05) is 37.3 Å². The Hall–Kier alpha value is -1.65. The molecule has 1 heterocycles. The Morgan fingerprint density at radius 1 is 1.29 bits per heavy atom. The lowest BCUT2D eigenvalue weighted by Crippen LogP contribution is -2.38. The van der Waals surface area contributed by atoms with Crippen molar-refractivity contribution in [3.8, 4) is 0 Å². The second-order valence-corrected chi connectivity index (χ2v) is 5.60. The van der Waals surface area contributed by atoms with E-state index in [1.54, 1.807) is 0 Å². The Kier molecular flexibility index (Phi) is 5.53. The van der Waals surface area contributed by atoms with Crippen molar-refractivity contribution in [1.29, 1.82) is 0 Å². The number of nitrogens with one attached hydrogen (secondary N) is 2. The first-order valence-electron chi connectivity index (χ1n) is 7.54. The molecule has 0 spiro atoms. The predicted octanol–water partition coefficient (Wildman–Crippen LogP) is 2.68. The van der Waals surface area contributed by atoms with E-state index in [2.05, 4.69) is 24.1 Å². The van der Waals surface area contributed by atoms with Crippen LogP contribution in [0.2, 0.25) is 0 Å². The molecule has 0 radical (unpaired) electrons. The first kappa shape index (κ1) is 15.7. The zero-order chi connectivity index (χ0) is 15.2. The van der Waals surface area contributed by atoms with Crippen molar-refractivity contribution >= 4 is 10.9 Å². The fourth-order valence-electron chi connectivity index (χ4n) is 2.30. The summed E-state index contributed by atoms with van der Waals surface area (Å²) in [6.45, 7) is 8.23. The number of pyridine rings is 1. The number of benzene rings is 1. The number of fused-ring (bicyclic) bond motifs is 1. The fourth-order valence-corrected chi connectivity index (χ4v) is 2.30. The van der Waals surface area contributed by atoms with E-state index in [4.69, 9.17) is 4.74 Å². The topological polar surface area (TPSA) is 54.1 Å². The maximum absolute atomic E-state index is 12.1. The van der Waals surface area contributed by atoms with E-state index in [-0.39, 0.29) is 11.6 Å². The summed E-state index contributed by atoms with van der Waals surface area (Å²) in [6.07, 6.45) is 0. The number of para-hydroxylation sites is 1. The van der Waals surface area contributed by atoms with E-state index in [9.17, 15) is 4.79 Å². The number of aromatic nitrogens is 1. The van der Waals surface area contributed by atoms with Crippen LogP contribution in [0.1, 0.15) is 26.3 Å². The molecule has 2 rings (SSSR count). The molecular formula is C17H24N2O2. The van der Waals surface area contributed by atoms with Crippen LogP contribution in [0.15, 0.2) is 35.1 Å². The maximum Gasteiger partial charge on any atom is 0.252 e. The lowest BCUT2D eigenvalue weighted by atomic mass is 10.0. The fraction of sp³-hybridized carbons (Fsp3) is 0.471. The number of H-pyrrole nitrogens is 1. The van der Waals surface area contributed by atoms with Gasteiger partial charge in [-0.25, -0.2) is 0 Å². The molecular weight excluding hydrogens is 264 g/mol. The number of aromatic amines is 1. The largest absolute Gasteiger partial charge is 0.380 e. The third-order valence-corrected chi connectivity index (χ3v) is 3.69. The minimum Gasteiger partial charge on any atom is -0.380 e. The summed E-state index contributed by atoms with van der Waals surface area (Å²) in [5, 5.41) is 4.49. The van der Waals surface area contributed by atoms with Crippen molar-refractivity contribution in [2.75, 3.05) is 13.2 Å². The Balaban J connectivity index is 2.11. The van der Waals surface area contributed by atoms with Crippen LogP contribution >= 0.6 is 0 Å². The van der Waals surface area contributed by atoms with Gasteiger partial charge in [0.2, 0.25) is 0 Å². The first-order chi connectivity index (χ1) is 10.1. The zero-order valence-corrected chi connectivity index (χ0v) is 13.0. The Morgan fingerprint density at radius 2 is 2.05 bits per heavy atom. The van der Waals surface area contributed by atoms with Crippen molar-refractivity contribution < 1.29 is 4.74 Å². The van der Waals surface area contributed by atoms with Gasteiger partial charge in [0, 0.05) is 30.3 Å². The third-order valence-electron chi connectivity index (χ3n) is 3.69. The van der Waals surface area contributed by atoms with Gasteiger partial charge in [-0.2, -0.15) is 0 Å². The molecule has 0 fully saturated rings. The quantitative estimate of drug-likeness (QED) is 0.823. The summed E-state index contributed by atoms with van der Waals surface area (Å²) >= 11 is 0. The minimum absolute atomic E-state index is 0.0277. The summed E-state index contributed by atoms with van der Waals surface area (Å²) < 4.78 is 5.50. The molecule has 114 valence electrons. The molecule has 0 aliphatic carbocycles. The highest BCUT2D eigenvalue weighted by Crippen LogP contribution is 2.10. The van der Waals surface area contributed by atoms with Gasteiger partial charge in [-0.3, -0.25) is 4.79 Å². The molecule has 0 saturated heterocycles. The second-order valence-electron chi connectivity index (χ2n) is 5.60. The maximum atomic E-state index is 12.1. The molecule has 0 aliphatic heterocycles. The molecule has 4 heteroatoms. The monoisotopic (exact) mass is 288 g/mol. The van der Waals surface area contributed by atoms with Crippen LogP contribution in [-0.2, 0) is 11.3 Å². The van der Waals surface area contributed by atoms with Gasteiger partial charge in [0.05, 0.1) is 6.61 Å². The van der Waals surface area contributed by atoms with Gasteiger partial charge in [0.15, 0.2) is 0 Å². The Labute approximate surface area is 125 Å². The molecule has 2 aromatic rings. The highest BCUT2D eigenvalue weighted by Gasteiger charge is 2.13. The molecule has 2 N–H and O–H groups in total. The van der Waals surface area contributed by atoms with Gasteiger partial charge < -0.3 is 15.0 Å². The predicted molar refractivity (Wildman–Crippen MR) is 86.5 cm³/mol. The highest BCUT2D eigenvalue weighted by molar-refractivity contribution is 5.78. The van der Waals surface area contributed by atoms with Crippen LogP contribution in [-0.4, -0.2) is 24.2 Å². The van der Waals surface area contributed by atoms with Gasteiger partial charge in [0.25, 0.3) is 5.56 Å². The molecule has 1 aromatic heterocycles. The lowest BCUT2D eigenvalue weighted by molar-refractivity contribution is 0.108. The van der Waals surface area contributed by atoms with Gasteiger partial charge in [-0.15, -0.1) is 0 Å². The summed E-state index contributed by atoms with van der Waals surface area (Å²) in [5.41, 5.74) is 1.61. The van der Waals surface area contributed by atoms with Gasteiger partial charge in [0.1, 0.15) is 0 Å². The van der Waals surface area contributed by atoms with Crippen LogP contribution in [0.5, 0.6) is 0 Å². The number of ether oxygens (including phenoxy) is 1. The molecule has 0 aliphatic rings. The van der Waals surface area contributed by atoms with Crippen molar-refractivity contribution in [3.05, 3.63) is 46.2 Å². The van der Waals surface area contributed by atoms with Crippen molar-refractivity contribution in [2.45, 2.75) is 33.4 Å². The summed E-state index contributed by atoms with van der Waals surface area (Å²) in [7, 11) is 0. The minimum atomic E-state index is -0.0277. The highest BCUT2D eigenvalue weighted by atomic mass is 16.5. The third kappa shape index (κ3) is 4.16. The second kappa shape index (κ2) is 7.38. The first-order valence-corrected chi connectivity index (χ1v) is 7.54. The van der Waals surface area contributed by atoms with Gasteiger partial charge in [-0.05, 0) is 30.4 Å². The summed E-state index contributed by atoms with van der Waals surface area (Å²) in [6, 6.07) is 10.0. The van der Waals surface area contributed by atoms with E-state index >= 15 is 0 Å². The van der Waals surface area contributed by atoms with E-state index < -0.39 is 0 Å². The average Bonchev–Trinajstić information content (AvgIpc) is 2.47. The smallest absolute Gasteiger partial charge is 0.252 e. The molecule has 1 aromatic carbocycles. The van der Waals surface area contributed by atoms with Crippen molar-refractivity contribution in [2.24, 2.45) is 5.92 Å². The summed E-state index contributed by atoms with van der Waals surface area (Å²) in [4.78, 5) is 15.0. The molecule has 0 bridgehead atoms. The van der Waals surface area contributed by atoms with Crippen molar-refractivity contribution in [1.82, 2.24) is 10.3 Å². The standard InChI is InChI=1S/C17H24N2O2/c1-4-21-11-16(12(2)3)18-10-14-9-13-7-5-6-8-15(13)19-17(14)20/h5-9,12,16,18H,4,10-11H2,1-3H3,(H,19,20). The van der Waals surface area contributed by atoms with Crippen LogP contribution in [0.3, 0.4) is 0 Å². The van der Waals surface area contributed by atoms with Crippen LogP contribution < -0.4 is 10.9 Å². The summed E-state index contributed by atoms with van der Waals surface area (Å²) in [5.74, 6) is 0.455. The number of hydrogen-bond acceptors (Lipinski definition) is 3. The molecule has 0 saturated carbocycles.